The lowest BCUT2D eigenvalue weighted by Gasteiger charge is -2.35. The number of carbonyl (C=O) groups excluding carboxylic acids is 1. The molecular weight excluding hydrogens is 527 g/mol. The number of pyridine rings is 1. The molecule has 1 fully saturated rings. The van der Waals surface area contributed by atoms with Crippen LogP contribution in [0.25, 0.3) is 10.9 Å². The van der Waals surface area contributed by atoms with Crippen molar-refractivity contribution in [2.45, 2.75) is 18.4 Å². The van der Waals surface area contributed by atoms with Gasteiger partial charge in [-0.2, -0.15) is 0 Å². The summed E-state index contributed by atoms with van der Waals surface area (Å²) in [5.41, 5.74) is 2.75. The molecule has 196 valence electrons. The standard InChI is InChI=1S/C28H26ClFN4O3S/c1-19-16-22(28(35)34-14-12-33(13-15-34)18-20-7-9-23(29)24(30)17-20)8-10-25(19)32-38(36,37)26-6-2-4-21-5-3-11-31-27(21)26/h2-11,16-17,32H,12-15,18H2,1H3. The number of anilines is 1. The number of rotatable bonds is 6. The van der Waals surface area contributed by atoms with Gasteiger partial charge in [-0.1, -0.05) is 35.9 Å². The molecular formula is C28H26ClFN4O3S. The van der Waals surface area contributed by atoms with E-state index in [0.717, 1.165) is 10.9 Å². The minimum atomic E-state index is -3.90. The van der Waals surface area contributed by atoms with Crippen molar-refractivity contribution in [1.82, 2.24) is 14.8 Å². The number of aromatic nitrogens is 1. The molecule has 0 unspecified atom stereocenters. The Bertz CT molecular complexity index is 1620. The Hall–Kier alpha value is -3.53. The Morgan fingerprint density at radius 1 is 1.03 bits per heavy atom. The summed E-state index contributed by atoms with van der Waals surface area (Å²) in [6, 6.07) is 18.3. The van der Waals surface area contributed by atoms with Crippen LogP contribution in [0.1, 0.15) is 21.5 Å². The van der Waals surface area contributed by atoms with Gasteiger partial charge < -0.3 is 4.90 Å². The summed E-state index contributed by atoms with van der Waals surface area (Å²) in [6.07, 6.45) is 1.56. The smallest absolute Gasteiger partial charge is 0.264 e. The Kier molecular flexibility index (Phi) is 7.34. The SMILES string of the molecule is Cc1cc(C(=O)N2CCN(Cc3ccc(Cl)c(F)c3)CC2)ccc1NS(=O)(=O)c1cccc2cccnc12. The van der Waals surface area contributed by atoms with E-state index in [1.54, 1.807) is 60.5 Å². The van der Waals surface area contributed by atoms with E-state index >= 15 is 0 Å². The highest BCUT2D eigenvalue weighted by molar-refractivity contribution is 7.93. The van der Waals surface area contributed by atoms with Gasteiger partial charge in [0.1, 0.15) is 10.7 Å². The Morgan fingerprint density at radius 2 is 1.79 bits per heavy atom. The molecule has 38 heavy (non-hydrogen) atoms. The van der Waals surface area contributed by atoms with Gasteiger partial charge in [-0.3, -0.25) is 19.4 Å². The number of nitrogens with one attached hydrogen (secondary N) is 1. The van der Waals surface area contributed by atoms with Crippen molar-refractivity contribution in [2.75, 3.05) is 30.9 Å². The summed E-state index contributed by atoms with van der Waals surface area (Å²) in [7, 11) is -3.90. The van der Waals surface area contributed by atoms with Crippen molar-refractivity contribution in [3.63, 3.8) is 0 Å². The largest absolute Gasteiger partial charge is 0.336 e. The van der Waals surface area contributed by atoms with Crippen LogP contribution in [0, 0.1) is 12.7 Å². The molecule has 1 aromatic heterocycles. The highest BCUT2D eigenvalue weighted by Gasteiger charge is 2.24. The lowest BCUT2D eigenvalue weighted by Crippen LogP contribution is -2.48. The second-order valence-corrected chi connectivity index (χ2v) is 11.3. The number of carbonyl (C=O) groups is 1. The molecule has 10 heteroatoms. The van der Waals surface area contributed by atoms with Gasteiger partial charge in [-0.25, -0.2) is 12.8 Å². The quantitative estimate of drug-likeness (QED) is 0.360. The summed E-state index contributed by atoms with van der Waals surface area (Å²) >= 11 is 5.77. The number of hydrogen-bond donors (Lipinski definition) is 1. The molecule has 0 atom stereocenters. The van der Waals surface area contributed by atoms with E-state index in [1.807, 2.05) is 12.1 Å². The molecule has 0 bridgehead atoms. The first kappa shape index (κ1) is 26.1. The second kappa shape index (κ2) is 10.7. The number of halogens is 2. The maximum atomic E-state index is 13.7. The van der Waals surface area contributed by atoms with Gasteiger partial charge in [-0.15, -0.1) is 0 Å². The number of amides is 1. The molecule has 1 saturated heterocycles. The average Bonchev–Trinajstić information content (AvgIpc) is 2.91. The van der Waals surface area contributed by atoms with Crippen LogP contribution >= 0.6 is 11.6 Å². The summed E-state index contributed by atoms with van der Waals surface area (Å²) < 4.78 is 42.7. The normalized spacial score (nSPS) is 14.6. The van der Waals surface area contributed by atoms with E-state index in [-0.39, 0.29) is 15.8 Å². The third-order valence-electron chi connectivity index (χ3n) is 6.65. The molecule has 0 spiro atoms. The summed E-state index contributed by atoms with van der Waals surface area (Å²) in [5.74, 6) is -0.550. The number of sulfonamides is 1. The number of hydrogen-bond acceptors (Lipinski definition) is 5. The number of aryl methyl sites for hydroxylation is 1. The highest BCUT2D eigenvalue weighted by atomic mass is 35.5. The molecule has 4 aromatic rings. The Balaban J connectivity index is 1.24. The first-order valence-corrected chi connectivity index (χ1v) is 14.0. The van der Waals surface area contributed by atoms with Crippen LogP contribution in [0.15, 0.2) is 77.8 Å². The van der Waals surface area contributed by atoms with Crippen LogP contribution in [0.5, 0.6) is 0 Å². The number of para-hydroxylation sites is 1. The van der Waals surface area contributed by atoms with Gasteiger partial charge >= 0.3 is 0 Å². The van der Waals surface area contributed by atoms with Crippen molar-refractivity contribution >= 4 is 44.1 Å². The van der Waals surface area contributed by atoms with Crippen LogP contribution in [0.4, 0.5) is 10.1 Å². The van der Waals surface area contributed by atoms with E-state index in [0.29, 0.717) is 55.1 Å². The molecule has 2 heterocycles. The topological polar surface area (TPSA) is 82.6 Å². The van der Waals surface area contributed by atoms with Crippen LogP contribution in [0.3, 0.4) is 0 Å². The van der Waals surface area contributed by atoms with Gasteiger partial charge in [0.2, 0.25) is 0 Å². The van der Waals surface area contributed by atoms with E-state index in [2.05, 4.69) is 14.6 Å². The average molecular weight is 553 g/mol. The van der Waals surface area contributed by atoms with Gasteiger partial charge in [-0.05, 0) is 60.5 Å². The van der Waals surface area contributed by atoms with Crippen LogP contribution in [0.2, 0.25) is 5.02 Å². The zero-order valence-corrected chi connectivity index (χ0v) is 22.3. The molecule has 0 radical (unpaired) electrons. The number of benzene rings is 3. The zero-order chi connectivity index (χ0) is 26.9. The molecule has 0 aliphatic carbocycles. The summed E-state index contributed by atoms with van der Waals surface area (Å²) in [4.78, 5) is 21.4. The third kappa shape index (κ3) is 5.50. The molecule has 7 nitrogen and oxygen atoms in total. The van der Waals surface area contributed by atoms with Gasteiger partial charge in [0.05, 0.1) is 16.2 Å². The van der Waals surface area contributed by atoms with Gasteiger partial charge in [0.25, 0.3) is 15.9 Å². The molecule has 1 N–H and O–H groups in total. The fourth-order valence-corrected chi connectivity index (χ4v) is 6.02. The first-order valence-electron chi connectivity index (χ1n) is 12.1. The van der Waals surface area contributed by atoms with E-state index in [1.165, 1.54) is 12.1 Å². The number of fused-ring (bicyclic) bond motifs is 1. The Labute approximate surface area is 225 Å². The van der Waals surface area contributed by atoms with Crippen LogP contribution < -0.4 is 4.72 Å². The molecule has 5 rings (SSSR count). The van der Waals surface area contributed by atoms with Crippen molar-refractivity contribution in [3.8, 4) is 0 Å². The maximum absolute atomic E-state index is 13.7. The van der Waals surface area contributed by atoms with Crippen molar-refractivity contribution in [1.29, 1.82) is 0 Å². The minimum absolute atomic E-state index is 0.0920. The molecule has 1 aliphatic heterocycles. The zero-order valence-electron chi connectivity index (χ0n) is 20.7. The van der Waals surface area contributed by atoms with E-state index in [4.69, 9.17) is 11.6 Å². The Morgan fingerprint density at radius 3 is 2.53 bits per heavy atom. The lowest BCUT2D eigenvalue weighted by atomic mass is 10.1. The summed E-state index contributed by atoms with van der Waals surface area (Å²) in [6.45, 7) is 4.74. The maximum Gasteiger partial charge on any atom is 0.264 e. The number of piperazine rings is 1. The molecule has 3 aromatic carbocycles. The van der Waals surface area contributed by atoms with Crippen LogP contribution in [-0.2, 0) is 16.6 Å². The van der Waals surface area contributed by atoms with E-state index in [9.17, 15) is 17.6 Å². The number of nitrogens with zero attached hydrogens (tertiary/aromatic N) is 3. The lowest BCUT2D eigenvalue weighted by molar-refractivity contribution is 0.0628. The van der Waals surface area contributed by atoms with Gasteiger partial charge in [0, 0.05) is 49.9 Å². The molecule has 1 aliphatic rings. The van der Waals surface area contributed by atoms with Crippen molar-refractivity contribution in [2.24, 2.45) is 0 Å². The fraction of sp³-hybridized carbons (Fsp3) is 0.214. The minimum Gasteiger partial charge on any atom is -0.336 e. The first-order chi connectivity index (χ1) is 18.2. The van der Waals surface area contributed by atoms with Crippen molar-refractivity contribution in [3.05, 3.63) is 100 Å². The second-order valence-electron chi connectivity index (χ2n) is 9.28. The fourth-order valence-electron chi connectivity index (χ4n) is 4.59. The highest BCUT2D eigenvalue weighted by Crippen LogP contribution is 2.26. The van der Waals surface area contributed by atoms with Gasteiger partial charge in [0.15, 0.2) is 0 Å². The summed E-state index contributed by atoms with van der Waals surface area (Å²) in [5, 5.41) is 0.831. The monoisotopic (exact) mass is 552 g/mol. The third-order valence-corrected chi connectivity index (χ3v) is 8.36. The van der Waals surface area contributed by atoms with Crippen LogP contribution in [-0.4, -0.2) is 55.3 Å². The molecule has 1 amide bonds. The predicted octanol–water partition coefficient (Wildman–Crippen LogP) is 5.09. The van der Waals surface area contributed by atoms with Crippen molar-refractivity contribution < 1.29 is 17.6 Å². The van der Waals surface area contributed by atoms with E-state index < -0.39 is 15.8 Å². The molecule has 0 saturated carbocycles. The predicted molar refractivity (Wildman–Crippen MR) is 146 cm³/mol.